The van der Waals surface area contributed by atoms with Crippen molar-refractivity contribution >= 4 is 28.9 Å². The van der Waals surface area contributed by atoms with Crippen LogP contribution in [0, 0.1) is 20.8 Å². The number of hydrogen-bond donors (Lipinski definition) is 1. The average Bonchev–Trinajstić information content (AvgIpc) is 3.41. The van der Waals surface area contributed by atoms with Crippen LogP contribution >= 0.6 is 0 Å². The number of amides is 1. The first-order valence-corrected chi connectivity index (χ1v) is 17.3. The standard InChI is InChI=1S/C39H48N6O4/c1-28-23-29(2)40-36(24-28)45-16-14-44(15-17-45)35-12-11-33(26-32(35)27-49-20-8-13-43-18-21-48-22-19-43)41-39(47)38(46)37-34(25-30(3)42(37)4)31-9-6-5-7-10-31/h5-7,9-12,23-26H,8,13-22,27H2,1-4H3,(H,41,47). The molecule has 2 aliphatic rings. The van der Waals surface area contributed by atoms with Crippen LogP contribution in [0.1, 0.15) is 39.4 Å². The maximum absolute atomic E-state index is 13.7. The zero-order valence-corrected chi connectivity index (χ0v) is 29.2. The first-order chi connectivity index (χ1) is 23.8. The van der Waals surface area contributed by atoms with E-state index < -0.39 is 11.7 Å². The Balaban J connectivity index is 1.17. The first-order valence-electron chi connectivity index (χ1n) is 17.3. The molecule has 49 heavy (non-hydrogen) atoms. The summed E-state index contributed by atoms with van der Waals surface area (Å²) >= 11 is 0. The average molecular weight is 665 g/mol. The Bertz CT molecular complexity index is 1740. The minimum absolute atomic E-state index is 0.373. The molecular formula is C39H48N6O4. The molecule has 0 aliphatic carbocycles. The monoisotopic (exact) mass is 664 g/mol. The van der Waals surface area contributed by atoms with Gasteiger partial charge in [-0.3, -0.25) is 14.5 Å². The van der Waals surface area contributed by atoms with Crippen molar-refractivity contribution in [2.75, 3.05) is 80.8 Å². The van der Waals surface area contributed by atoms with Crippen LogP contribution in [-0.4, -0.2) is 91.8 Å². The fourth-order valence-corrected chi connectivity index (χ4v) is 6.78. The molecule has 0 spiro atoms. The van der Waals surface area contributed by atoms with E-state index in [0.717, 1.165) is 105 Å². The van der Waals surface area contributed by atoms with Crippen molar-refractivity contribution in [2.24, 2.45) is 7.05 Å². The number of carbonyl (C=O) groups excluding carboxylic acids is 2. The summed E-state index contributed by atoms with van der Waals surface area (Å²) in [6.07, 6.45) is 0.932. The summed E-state index contributed by atoms with van der Waals surface area (Å²) in [5, 5.41) is 2.90. The van der Waals surface area contributed by atoms with Crippen molar-refractivity contribution in [1.82, 2.24) is 14.5 Å². The van der Waals surface area contributed by atoms with Gasteiger partial charge in [0, 0.05) is 93.4 Å². The second kappa shape index (κ2) is 15.8. The van der Waals surface area contributed by atoms with Crippen LogP contribution in [0.4, 0.5) is 17.2 Å². The molecule has 1 amide bonds. The number of carbonyl (C=O) groups is 2. The van der Waals surface area contributed by atoms with Crippen molar-refractivity contribution in [3.63, 3.8) is 0 Å². The van der Waals surface area contributed by atoms with Gasteiger partial charge in [0.2, 0.25) is 0 Å². The molecular weight excluding hydrogens is 616 g/mol. The number of benzene rings is 2. The molecule has 6 rings (SSSR count). The van der Waals surface area contributed by atoms with Crippen LogP contribution in [0.3, 0.4) is 0 Å². The smallest absolute Gasteiger partial charge is 0.298 e. The predicted molar refractivity (Wildman–Crippen MR) is 195 cm³/mol. The van der Waals surface area contributed by atoms with E-state index in [-0.39, 0.29) is 0 Å². The molecule has 2 aromatic heterocycles. The molecule has 0 unspecified atom stereocenters. The van der Waals surface area contributed by atoms with Gasteiger partial charge in [0.05, 0.1) is 19.8 Å². The third-order valence-electron chi connectivity index (χ3n) is 9.47. The van der Waals surface area contributed by atoms with Crippen LogP contribution in [0.25, 0.3) is 11.1 Å². The molecule has 10 nitrogen and oxygen atoms in total. The van der Waals surface area contributed by atoms with Gasteiger partial charge in [-0.15, -0.1) is 0 Å². The third kappa shape index (κ3) is 8.39. The fraction of sp³-hybridized carbons (Fsp3) is 0.410. The van der Waals surface area contributed by atoms with Gasteiger partial charge < -0.3 is 29.2 Å². The number of piperazine rings is 1. The molecule has 0 saturated carbocycles. The Labute approximate surface area is 289 Å². The lowest BCUT2D eigenvalue weighted by Crippen LogP contribution is -2.47. The van der Waals surface area contributed by atoms with Gasteiger partial charge in [-0.2, -0.15) is 0 Å². The van der Waals surface area contributed by atoms with Crippen LogP contribution in [0.2, 0.25) is 0 Å². The van der Waals surface area contributed by atoms with Gasteiger partial charge in [0.25, 0.3) is 11.7 Å². The molecule has 2 aliphatic heterocycles. The molecule has 4 heterocycles. The number of nitrogens with one attached hydrogen (secondary N) is 1. The quantitative estimate of drug-likeness (QED) is 0.122. The summed E-state index contributed by atoms with van der Waals surface area (Å²) in [4.78, 5) is 39.0. The van der Waals surface area contributed by atoms with E-state index in [1.165, 1.54) is 5.56 Å². The van der Waals surface area contributed by atoms with Gasteiger partial charge in [-0.25, -0.2) is 4.98 Å². The number of ether oxygens (including phenoxy) is 2. The first kappa shape index (κ1) is 34.4. The maximum Gasteiger partial charge on any atom is 0.298 e. The minimum atomic E-state index is -0.668. The van der Waals surface area contributed by atoms with E-state index in [2.05, 4.69) is 39.1 Å². The normalized spacial score (nSPS) is 15.4. The highest BCUT2D eigenvalue weighted by Crippen LogP contribution is 2.30. The number of pyridine rings is 1. The molecule has 0 atom stereocenters. The minimum Gasteiger partial charge on any atom is -0.379 e. The summed E-state index contributed by atoms with van der Waals surface area (Å²) in [7, 11) is 1.82. The Hall–Kier alpha value is -4.51. The number of ketones is 1. The van der Waals surface area contributed by atoms with Gasteiger partial charge in [-0.1, -0.05) is 30.3 Å². The number of nitrogens with zero attached hydrogens (tertiary/aromatic N) is 5. The van der Waals surface area contributed by atoms with Gasteiger partial charge in [0.1, 0.15) is 11.5 Å². The number of morpholine rings is 1. The Morgan fingerprint density at radius 1 is 0.878 bits per heavy atom. The van der Waals surface area contributed by atoms with E-state index in [1.54, 1.807) is 4.57 Å². The number of hydrogen-bond acceptors (Lipinski definition) is 8. The van der Waals surface area contributed by atoms with E-state index in [4.69, 9.17) is 14.5 Å². The third-order valence-corrected chi connectivity index (χ3v) is 9.47. The number of Topliss-reactive ketones (excluding diaryl/α,β-unsaturated/α-hetero) is 1. The molecule has 1 N–H and O–H groups in total. The van der Waals surface area contributed by atoms with Crippen LogP contribution in [0.15, 0.2) is 66.7 Å². The lowest BCUT2D eigenvalue weighted by atomic mass is 10.0. The van der Waals surface area contributed by atoms with E-state index in [9.17, 15) is 9.59 Å². The summed E-state index contributed by atoms with van der Waals surface area (Å²) in [6.45, 7) is 15.0. The molecule has 2 aromatic carbocycles. The molecule has 0 bridgehead atoms. The highest BCUT2D eigenvalue weighted by molar-refractivity contribution is 6.47. The highest BCUT2D eigenvalue weighted by atomic mass is 16.5. The van der Waals surface area contributed by atoms with Crippen LogP contribution in [0.5, 0.6) is 0 Å². The molecule has 10 heteroatoms. The lowest BCUT2D eigenvalue weighted by molar-refractivity contribution is -0.112. The van der Waals surface area contributed by atoms with Gasteiger partial charge >= 0.3 is 0 Å². The fourth-order valence-electron chi connectivity index (χ4n) is 6.78. The van der Waals surface area contributed by atoms with Crippen LogP contribution < -0.4 is 15.1 Å². The zero-order valence-electron chi connectivity index (χ0n) is 29.2. The van der Waals surface area contributed by atoms with E-state index >= 15 is 0 Å². The molecule has 258 valence electrons. The molecule has 0 radical (unpaired) electrons. The summed E-state index contributed by atoms with van der Waals surface area (Å²) in [5.74, 6) is -0.221. The Kier molecular flexibility index (Phi) is 11.1. The molecule has 2 saturated heterocycles. The van der Waals surface area contributed by atoms with E-state index in [1.807, 2.05) is 75.5 Å². The van der Waals surface area contributed by atoms with E-state index in [0.29, 0.717) is 24.6 Å². The van der Waals surface area contributed by atoms with Crippen molar-refractivity contribution in [3.8, 4) is 11.1 Å². The molecule has 4 aromatic rings. The molecule has 2 fully saturated rings. The van der Waals surface area contributed by atoms with Crippen molar-refractivity contribution in [3.05, 3.63) is 94.9 Å². The number of anilines is 3. The second-order valence-corrected chi connectivity index (χ2v) is 13.1. The van der Waals surface area contributed by atoms with Gasteiger partial charge in [0.15, 0.2) is 0 Å². The SMILES string of the molecule is Cc1cc(C)nc(N2CCN(c3ccc(NC(=O)C(=O)c4c(-c5ccccc5)cc(C)n4C)cc3COCCCN3CCOCC3)CC2)c1. The summed E-state index contributed by atoms with van der Waals surface area (Å²) in [5.41, 5.74) is 7.79. The summed E-state index contributed by atoms with van der Waals surface area (Å²) in [6, 6.07) is 21.8. The largest absolute Gasteiger partial charge is 0.379 e. The van der Waals surface area contributed by atoms with Crippen molar-refractivity contribution in [2.45, 2.75) is 33.8 Å². The predicted octanol–water partition coefficient (Wildman–Crippen LogP) is 5.40. The van der Waals surface area contributed by atoms with Crippen molar-refractivity contribution in [1.29, 1.82) is 0 Å². The Morgan fingerprint density at radius 2 is 1.61 bits per heavy atom. The van der Waals surface area contributed by atoms with Gasteiger partial charge in [-0.05, 0) is 74.7 Å². The number of aromatic nitrogens is 2. The maximum atomic E-state index is 13.7. The topological polar surface area (TPSA) is 92.2 Å². The Morgan fingerprint density at radius 3 is 2.35 bits per heavy atom. The second-order valence-electron chi connectivity index (χ2n) is 13.1. The lowest BCUT2D eigenvalue weighted by Gasteiger charge is -2.38. The summed E-state index contributed by atoms with van der Waals surface area (Å²) < 4.78 is 13.5. The van der Waals surface area contributed by atoms with Crippen molar-refractivity contribution < 1.29 is 19.1 Å². The highest BCUT2D eigenvalue weighted by Gasteiger charge is 2.26. The zero-order chi connectivity index (χ0) is 34.3. The number of rotatable bonds is 12. The van der Waals surface area contributed by atoms with Crippen LogP contribution in [-0.2, 0) is 27.9 Å². The number of aryl methyl sites for hydroxylation is 3.